The predicted octanol–water partition coefficient (Wildman–Crippen LogP) is 3.49. The van der Waals surface area contributed by atoms with Crippen molar-refractivity contribution in [3.8, 4) is 5.75 Å². The van der Waals surface area contributed by atoms with Crippen LogP contribution in [0.2, 0.25) is 0 Å². The topological polar surface area (TPSA) is 29.5 Å². The molecule has 0 saturated carbocycles. The SMILES string of the molecule is COc1ccc(F)cc1C(O)C1CSC(C)C(C)S1. The van der Waals surface area contributed by atoms with Crippen LogP contribution in [0.5, 0.6) is 5.75 Å². The van der Waals surface area contributed by atoms with Crippen LogP contribution in [0.3, 0.4) is 0 Å². The molecule has 0 aliphatic carbocycles. The third kappa shape index (κ3) is 3.38. The number of hydrogen-bond donors (Lipinski definition) is 1. The summed E-state index contributed by atoms with van der Waals surface area (Å²) in [7, 11) is 1.54. The highest BCUT2D eigenvalue weighted by atomic mass is 32.2. The lowest BCUT2D eigenvalue weighted by atomic mass is 10.1. The first-order valence-electron chi connectivity index (χ1n) is 6.31. The number of aliphatic hydroxyl groups is 1. The molecule has 1 fully saturated rings. The molecule has 0 spiro atoms. The third-order valence-electron chi connectivity index (χ3n) is 3.44. The maximum atomic E-state index is 13.4. The van der Waals surface area contributed by atoms with Crippen LogP contribution >= 0.6 is 23.5 Å². The van der Waals surface area contributed by atoms with Gasteiger partial charge in [0.2, 0.25) is 0 Å². The number of methoxy groups -OCH3 is 1. The zero-order valence-corrected chi connectivity index (χ0v) is 12.9. The van der Waals surface area contributed by atoms with E-state index in [1.807, 2.05) is 11.8 Å². The van der Waals surface area contributed by atoms with Gasteiger partial charge in [0.05, 0.1) is 13.2 Å². The van der Waals surface area contributed by atoms with Crippen molar-refractivity contribution in [1.29, 1.82) is 0 Å². The van der Waals surface area contributed by atoms with Crippen molar-refractivity contribution in [1.82, 2.24) is 0 Å². The average Bonchev–Trinajstić information content (AvgIpc) is 2.41. The van der Waals surface area contributed by atoms with E-state index in [0.29, 0.717) is 21.8 Å². The minimum atomic E-state index is -0.696. The summed E-state index contributed by atoms with van der Waals surface area (Å²) < 4.78 is 18.6. The van der Waals surface area contributed by atoms with Crippen molar-refractivity contribution in [3.63, 3.8) is 0 Å². The van der Waals surface area contributed by atoms with Crippen molar-refractivity contribution in [3.05, 3.63) is 29.6 Å². The van der Waals surface area contributed by atoms with Gasteiger partial charge in [0.1, 0.15) is 11.6 Å². The van der Waals surface area contributed by atoms with Gasteiger partial charge in [-0.3, -0.25) is 0 Å². The summed E-state index contributed by atoms with van der Waals surface area (Å²) in [5, 5.41) is 11.7. The Balaban J connectivity index is 2.19. The molecule has 0 aromatic heterocycles. The molecule has 2 rings (SSSR count). The monoisotopic (exact) mass is 302 g/mol. The van der Waals surface area contributed by atoms with Crippen LogP contribution in [0.15, 0.2) is 18.2 Å². The zero-order chi connectivity index (χ0) is 14.0. The second kappa shape index (κ2) is 6.37. The predicted molar refractivity (Wildman–Crippen MR) is 80.7 cm³/mol. The summed E-state index contributed by atoms with van der Waals surface area (Å²) in [6.45, 7) is 4.37. The zero-order valence-electron chi connectivity index (χ0n) is 11.3. The molecule has 1 aliphatic rings. The van der Waals surface area contributed by atoms with Crippen LogP contribution in [0.25, 0.3) is 0 Å². The Labute approximate surface area is 122 Å². The number of thioether (sulfide) groups is 2. The summed E-state index contributed by atoms with van der Waals surface area (Å²) in [6, 6.07) is 4.29. The van der Waals surface area contributed by atoms with E-state index in [1.165, 1.54) is 19.2 Å². The van der Waals surface area contributed by atoms with Gasteiger partial charge in [0.25, 0.3) is 0 Å². The third-order valence-corrected chi connectivity index (χ3v) is 6.92. The molecule has 1 N–H and O–H groups in total. The van der Waals surface area contributed by atoms with Crippen LogP contribution in [0.4, 0.5) is 4.39 Å². The van der Waals surface area contributed by atoms with E-state index >= 15 is 0 Å². The molecule has 106 valence electrons. The maximum Gasteiger partial charge on any atom is 0.124 e. The van der Waals surface area contributed by atoms with Gasteiger partial charge < -0.3 is 9.84 Å². The van der Waals surface area contributed by atoms with E-state index < -0.39 is 6.10 Å². The molecule has 2 nitrogen and oxygen atoms in total. The van der Waals surface area contributed by atoms with Gasteiger partial charge in [-0.2, -0.15) is 23.5 Å². The van der Waals surface area contributed by atoms with Crippen LogP contribution in [0, 0.1) is 5.82 Å². The van der Waals surface area contributed by atoms with Crippen molar-refractivity contribution in [2.24, 2.45) is 0 Å². The molecule has 4 unspecified atom stereocenters. The van der Waals surface area contributed by atoms with Crippen LogP contribution in [-0.2, 0) is 0 Å². The maximum absolute atomic E-state index is 13.4. The van der Waals surface area contributed by atoms with Crippen molar-refractivity contribution in [2.75, 3.05) is 12.9 Å². The molecule has 0 radical (unpaired) electrons. The van der Waals surface area contributed by atoms with Crippen LogP contribution < -0.4 is 4.74 Å². The summed E-state index contributed by atoms with van der Waals surface area (Å²) in [5.41, 5.74) is 0.544. The second-order valence-electron chi connectivity index (χ2n) is 4.75. The number of ether oxygens (including phenoxy) is 1. The first-order valence-corrected chi connectivity index (χ1v) is 8.30. The lowest BCUT2D eigenvalue weighted by Gasteiger charge is -2.34. The lowest BCUT2D eigenvalue weighted by Crippen LogP contribution is -2.30. The number of halogens is 1. The van der Waals surface area contributed by atoms with Gasteiger partial charge in [0, 0.05) is 27.1 Å². The van der Waals surface area contributed by atoms with Gasteiger partial charge in [-0.25, -0.2) is 4.39 Å². The standard InChI is InChI=1S/C14H19FO2S2/c1-8-9(2)19-13(7-18-8)14(16)11-6-10(15)4-5-12(11)17-3/h4-6,8-9,13-14,16H,7H2,1-3H3. The lowest BCUT2D eigenvalue weighted by molar-refractivity contribution is 0.175. The van der Waals surface area contributed by atoms with E-state index in [1.54, 1.807) is 17.8 Å². The molecule has 1 aromatic rings. The fourth-order valence-electron chi connectivity index (χ4n) is 2.11. The fourth-order valence-corrected chi connectivity index (χ4v) is 5.10. The molecule has 1 aromatic carbocycles. The second-order valence-corrected chi connectivity index (χ2v) is 7.78. The van der Waals surface area contributed by atoms with Crippen LogP contribution in [-0.4, -0.2) is 33.7 Å². The Hall–Kier alpha value is -0.390. The first-order chi connectivity index (χ1) is 9.02. The Kier molecular flexibility index (Phi) is 5.03. The van der Waals surface area contributed by atoms with E-state index in [0.717, 1.165) is 5.75 Å². The minimum absolute atomic E-state index is 0.0758. The van der Waals surface area contributed by atoms with Gasteiger partial charge in [-0.05, 0) is 18.2 Å². The molecule has 0 bridgehead atoms. The molecule has 5 heteroatoms. The molecule has 1 aliphatic heterocycles. The number of hydrogen-bond acceptors (Lipinski definition) is 4. The van der Waals surface area contributed by atoms with E-state index in [9.17, 15) is 9.50 Å². The molecule has 0 amide bonds. The highest BCUT2D eigenvalue weighted by Crippen LogP contribution is 2.42. The summed E-state index contributed by atoms with van der Waals surface area (Å²) in [5.74, 6) is 1.08. The van der Waals surface area contributed by atoms with Gasteiger partial charge in [-0.15, -0.1) is 0 Å². The highest BCUT2D eigenvalue weighted by molar-refractivity contribution is 8.07. The first kappa shape index (κ1) is 15.0. The summed E-state index contributed by atoms with van der Waals surface area (Å²) in [6.07, 6.45) is -0.696. The molecule has 4 atom stereocenters. The number of benzene rings is 1. The Morgan fingerprint density at radius 2 is 2.11 bits per heavy atom. The van der Waals surface area contributed by atoms with E-state index in [4.69, 9.17) is 4.74 Å². The smallest absolute Gasteiger partial charge is 0.124 e. The van der Waals surface area contributed by atoms with Crippen molar-refractivity contribution in [2.45, 2.75) is 35.7 Å². The minimum Gasteiger partial charge on any atom is -0.496 e. The average molecular weight is 302 g/mol. The fraction of sp³-hybridized carbons (Fsp3) is 0.571. The molecule has 19 heavy (non-hydrogen) atoms. The van der Waals surface area contributed by atoms with Crippen LogP contribution in [0.1, 0.15) is 25.5 Å². The number of aliphatic hydroxyl groups excluding tert-OH is 1. The van der Waals surface area contributed by atoms with Crippen molar-refractivity contribution < 1.29 is 14.2 Å². The summed E-state index contributed by atoms with van der Waals surface area (Å²) >= 11 is 3.63. The molecule has 1 heterocycles. The van der Waals surface area contributed by atoms with E-state index in [2.05, 4.69) is 13.8 Å². The molecule has 1 saturated heterocycles. The van der Waals surface area contributed by atoms with E-state index in [-0.39, 0.29) is 11.1 Å². The van der Waals surface area contributed by atoms with Gasteiger partial charge in [0.15, 0.2) is 0 Å². The highest BCUT2D eigenvalue weighted by Gasteiger charge is 2.32. The summed E-state index contributed by atoms with van der Waals surface area (Å²) in [4.78, 5) is 0. The van der Waals surface area contributed by atoms with Crippen molar-refractivity contribution >= 4 is 23.5 Å². The van der Waals surface area contributed by atoms with Gasteiger partial charge in [-0.1, -0.05) is 13.8 Å². The Morgan fingerprint density at radius 1 is 1.37 bits per heavy atom. The Morgan fingerprint density at radius 3 is 2.74 bits per heavy atom. The Bertz CT molecular complexity index is 441. The largest absolute Gasteiger partial charge is 0.496 e. The molecular formula is C14H19FO2S2. The quantitative estimate of drug-likeness (QED) is 0.925. The van der Waals surface area contributed by atoms with Gasteiger partial charge >= 0.3 is 0 Å². The number of rotatable bonds is 3. The normalized spacial score (nSPS) is 29.0. The molecular weight excluding hydrogens is 283 g/mol.